The first-order valence-corrected chi connectivity index (χ1v) is 7.65. The molecule has 0 heterocycles. The molecule has 3 atom stereocenters. The van der Waals surface area contributed by atoms with E-state index in [1.54, 1.807) is 0 Å². The Morgan fingerprint density at radius 2 is 1.80 bits per heavy atom. The molecule has 2 aromatic rings. The van der Waals surface area contributed by atoms with Gasteiger partial charge in [-0.2, -0.15) is 0 Å². The molecule has 2 N–H and O–H groups in total. The number of nitrogens with two attached hydrogens (primary N) is 1. The van der Waals surface area contributed by atoms with Crippen LogP contribution in [0.4, 0.5) is 0 Å². The van der Waals surface area contributed by atoms with Crippen LogP contribution in [0.5, 0.6) is 0 Å². The number of rotatable bonds is 4. The summed E-state index contributed by atoms with van der Waals surface area (Å²) >= 11 is 12.0. The monoisotopic (exact) mass is 305 g/mol. The van der Waals surface area contributed by atoms with Crippen molar-refractivity contribution in [2.75, 3.05) is 0 Å². The first-order chi connectivity index (χ1) is 9.65. The summed E-state index contributed by atoms with van der Waals surface area (Å²) in [6.07, 6.45) is 2.04. The van der Waals surface area contributed by atoms with Crippen LogP contribution in [0.2, 0.25) is 10.0 Å². The molecule has 1 nitrogen and oxygen atoms in total. The summed E-state index contributed by atoms with van der Waals surface area (Å²) < 4.78 is 0. The van der Waals surface area contributed by atoms with Gasteiger partial charge in [0, 0.05) is 6.04 Å². The molecular formula is C17H17Cl2N. The van der Waals surface area contributed by atoms with Crippen LogP contribution < -0.4 is 5.73 Å². The molecule has 104 valence electrons. The van der Waals surface area contributed by atoms with Crippen molar-refractivity contribution in [3.8, 4) is 0 Å². The number of hydrogen-bond donors (Lipinski definition) is 1. The summed E-state index contributed by atoms with van der Waals surface area (Å²) in [5.74, 6) is 1.20. The highest BCUT2D eigenvalue weighted by atomic mass is 35.5. The SMILES string of the molecule is NC(Cc1ccc(Cl)c(Cl)c1)C1CC1c1ccccc1. The molecule has 0 radical (unpaired) electrons. The zero-order chi connectivity index (χ0) is 14.1. The Bertz CT molecular complexity index is 597. The molecule has 1 fully saturated rings. The molecule has 0 aromatic heterocycles. The molecule has 3 rings (SSSR count). The van der Waals surface area contributed by atoms with Crippen molar-refractivity contribution < 1.29 is 0 Å². The predicted octanol–water partition coefficient (Wildman–Crippen LogP) is 4.67. The lowest BCUT2D eigenvalue weighted by Crippen LogP contribution is -2.25. The van der Waals surface area contributed by atoms with Crippen LogP contribution in [-0.4, -0.2) is 6.04 Å². The Hall–Kier alpha value is -1.02. The van der Waals surface area contributed by atoms with E-state index in [0.717, 1.165) is 12.0 Å². The third kappa shape index (κ3) is 3.01. The topological polar surface area (TPSA) is 26.0 Å². The second-order valence-electron chi connectivity index (χ2n) is 5.53. The van der Waals surface area contributed by atoms with Crippen molar-refractivity contribution in [2.24, 2.45) is 11.7 Å². The second-order valence-corrected chi connectivity index (χ2v) is 6.35. The van der Waals surface area contributed by atoms with Crippen LogP contribution in [0.3, 0.4) is 0 Å². The van der Waals surface area contributed by atoms with Crippen molar-refractivity contribution in [3.05, 3.63) is 69.7 Å². The van der Waals surface area contributed by atoms with Gasteiger partial charge in [0.05, 0.1) is 10.0 Å². The maximum atomic E-state index is 6.35. The highest BCUT2D eigenvalue weighted by molar-refractivity contribution is 6.42. The Kier molecular flexibility index (Phi) is 4.02. The van der Waals surface area contributed by atoms with E-state index in [0.29, 0.717) is 21.9 Å². The smallest absolute Gasteiger partial charge is 0.0595 e. The van der Waals surface area contributed by atoms with E-state index in [2.05, 4.69) is 30.3 Å². The molecule has 1 saturated carbocycles. The highest BCUT2D eigenvalue weighted by Crippen LogP contribution is 2.49. The van der Waals surface area contributed by atoms with E-state index in [1.165, 1.54) is 12.0 Å². The lowest BCUT2D eigenvalue weighted by molar-refractivity contribution is 0.578. The Morgan fingerprint density at radius 1 is 1.05 bits per heavy atom. The van der Waals surface area contributed by atoms with E-state index >= 15 is 0 Å². The van der Waals surface area contributed by atoms with E-state index in [9.17, 15) is 0 Å². The minimum absolute atomic E-state index is 0.178. The van der Waals surface area contributed by atoms with Crippen LogP contribution in [0, 0.1) is 5.92 Å². The van der Waals surface area contributed by atoms with Gasteiger partial charge in [-0.05, 0) is 47.9 Å². The Morgan fingerprint density at radius 3 is 2.50 bits per heavy atom. The third-order valence-corrected chi connectivity index (χ3v) is 4.81. The number of benzene rings is 2. The minimum atomic E-state index is 0.178. The van der Waals surface area contributed by atoms with Gasteiger partial charge in [-0.1, -0.05) is 59.6 Å². The quantitative estimate of drug-likeness (QED) is 0.873. The molecule has 0 bridgehead atoms. The number of halogens is 2. The van der Waals surface area contributed by atoms with Crippen LogP contribution in [0.25, 0.3) is 0 Å². The van der Waals surface area contributed by atoms with Gasteiger partial charge in [0.15, 0.2) is 0 Å². The summed E-state index contributed by atoms with van der Waals surface area (Å²) in [4.78, 5) is 0. The van der Waals surface area contributed by atoms with E-state index in [1.807, 2.05) is 18.2 Å². The third-order valence-electron chi connectivity index (χ3n) is 4.07. The first-order valence-electron chi connectivity index (χ1n) is 6.89. The molecule has 2 aromatic carbocycles. The average Bonchev–Trinajstić information content (AvgIpc) is 3.24. The fourth-order valence-corrected chi connectivity index (χ4v) is 3.18. The van der Waals surface area contributed by atoms with Crippen LogP contribution in [0.1, 0.15) is 23.5 Å². The molecule has 0 spiro atoms. The molecule has 0 aliphatic heterocycles. The largest absolute Gasteiger partial charge is 0.327 e. The van der Waals surface area contributed by atoms with E-state index in [4.69, 9.17) is 28.9 Å². The van der Waals surface area contributed by atoms with Gasteiger partial charge in [0.25, 0.3) is 0 Å². The van der Waals surface area contributed by atoms with Gasteiger partial charge in [-0.25, -0.2) is 0 Å². The summed E-state index contributed by atoms with van der Waals surface area (Å²) in [6, 6.07) is 16.6. The first kappa shape index (κ1) is 13.9. The maximum Gasteiger partial charge on any atom is 0.0595 e. The zero-order valence-electron chi connectivity index (χ0n) is 11.1. The average molecular weight is 306 g/mol. The normalized spacial score (nSPS) is 22.6. The molecule has 3 unspecified atom stereocenters. The fraction of sp³-hybridized carbons (Fsp3) is 0.294. The maximum absolute atomic E-state index is 6.35. The van der Waals surface area contributed by atoms with E-state index in [-0.39, 0.29) is 6.04 Å². The molecule has 1 aliphatic rings. The summed E-state index contributed by atoms with van der Waals surface area (Å²) in [6.45, 7) is 0. The fourth-order valence-electron chi connectivity index (χ4n) is 2.86. The van der Waals surface area contributed by atoms with Crippen molar-refractivity contribution in [1.82, 2.24) is 0 Å². The lowest BCUT2D eigenvalue weighted by Gasteiger charge is -2.12. The second kappa shape index (κ2) is 5.77. The molecule has 1 aliphatic carbocycles. The predicted molar refractivity (Wildman–Crippen MR) is 85.4 cm³/mol. The van der Waals surface area contributed by atoms with Crippen LogP contribution in [0.15, 0.2) is 48.5 Å². The Balaban J connectivity index is 1.63. The molecule has 3 heteroatoms. The highest BCUT2D eigenvalue weighted by Gasteiger charge is 2.42. The van der Waals surface area contributed by atoms with Crippen LogP contribution >= 0.6 is 23.2 Å². The lowest BCUT2D eigenvalue weighted by atomic mass is 10.00. The minimum Gasteiger partial charge on any atom is -0.327 e. The van der Waals surface area contributed by atoms with Crippen molar-refractivity contribution >= 4 is 23.2 Å². The van der Waals surface area contributed by atoms with Gasteiger partial charge < -0.3 is 5.73 Å². The summed E-state index contributed by atoms with van der Waals surface area (Å²) in [5.41, 5.74) is 8.91. The molecule has 20 heavy (non-hydrogen) atoms. The van der Waals surface area contributed by atoms with Gasteiger partial charge in [0.2, 0.25) is 0 Å². The van der Waals surface area contributed by atoms with Gasteiger partial charge in [-0.15, -0.1) is 0 Å². The zero-order valence-corrected chi connectivity index (χ0v) is 12.6. The van der Waals surface area contributed by atoms with Gasteiger partial charge >= 0.3 is 0 Å². The molecular weight excluding hydrogens is 289 g/mol. The summed E-state index contributed by atoms with van der Waals surface area (Å²) in [7, 11) is 0. The van der Waals surface area contributed by atoms with E-state index < -0.39 is 0 Å². The molecule has 0 saturated heterocycles. The molecule has 0 amide bonds. The Labute approximate surface area is 129 Å². The summed E-state index contributed by atoms with van der Waals surface area (Å²) in [5, 5.41) is 1.20. The van der Waals surface area contributed by atoms with Gasteiger partial charge in [0.1, 0.15) is 0 Å². The van der Waals surface area contributed by atoms with Crippen molar-refractivity contribution in [2.45, 2.75) is 24.8 Å². The van der Waals surface area contributed by atoms with Crippen LogP contribution in [-0.2, 0) is 6.42 Å². The standard InChI is InChI=1S/C17H17Cl2N/c18-15-7-6-11(8-16(15)19)9-17(20)14-10-13(14)12-4-2-1-3-5-12/h1-8,13-14,17H,9-10,20H2. The van der Waals surface area contributed by atoms with Crippen molar-refractivity contribution in [1.29, 1.82) is 0 Å². The van der Waals surface area contributed by atoms with Gasteiger partial charge in [-0.3, -0.25) is 0 Å². The number of hydrogen-bond acceptors (Lipinski definition) is 1. The van der Waals surface area contributed by atoms with Crippen molar-refractivity contribution in [3.63, 3.8) is 0 Å².